The van der Waals surface area contributed by atoms with E-state index in [1.165, 1.54) is 0 Å². The third kappa shape index (κ3) is 12.3. The lowest BCUT2D eigenvalue weighted by Crippen LogP contribution is -2.23. The van der Waals surface area contributed by atoms with Crippen LogP contribution in [0.2, 0.25) is 0 Å². The van der Waals surface area contributed by atoms with E-state index in [9.17, 15) is 28.8 Å². The minimum atomic E-state index is -1.40. The Labute approximate surface area is 127 Å². The van der Waals surface area contributed by atoms with Gasteiger partial charge in [-0.2, -0.15) is 0 Å². The highest BCUT2D eigenvalue weighted by molar-refractivity contribution is 5.92. The normalized spacial score (nSPS) is 9.39. The predicted molar refractivity (Wildman–Crippen MR) is 63.7 cm³/mol. The van der Waals surface area contributed by atoms with Gasteiger partial charge in [0.2, 0.25) is 0 Å². The second kappa shape index (κ2) is 10.5. The fraction of sp³-hybridized carbons (Fsp3) is 0.455. The summed E-state index contributed by atoms with van der Waals surface area (Å²) in [6.45, 7) is -3.62. The maximum atomic E-state index is 11.1. The molecule has 0 bridgehead atoms. The zero-order valence-corrected chi connectivity index (χ0v) is 11.5. The predicted octanol–water partition coefficient (Wildman–Crippen LogP) is -2.28. The summed E-state index contributed by atoms with van der Waals surface area (Å²) >= 11 is 0. The molecule has 12 heteroatoms. The van der Waals surface area contributed by atoms with E-state index in [1.54, 1.807) is 0 Å². The van der Waals surface area contributed by atoms with Crippen molar-refractivity contribution in [3.8, 4) is 0 Å². The average molecular weight is 336 g/mol. The summed E-state index contributed by atoms with van der Waals surface area (Å²) in [6.07, 6.45) is -0.932. The molecular formula is C11H12O12. The summed E-state index contributed by atoms with van der Waals surface area (Å²) in [6, 6.07) is 0. The van der Waals surface area contributed by atoms with Crippen molar-refractivity contribution in [2.24, 2.45) is 0 Å². The molecule has 0 rings (SSSR count). The van der Waals surface area contributed by atoms with Crippen LogP contribution < -0.4 is 0 Å². The van der Waals surface area contributed by atoms with Crippen LogP contribution in [-0.4, -0.2) is 72.5 Å². The van der Waals surface area contributed by atoms with Crippen LogP contribution in [0.1, 0.15) is 6.42 Å². The number of esters is 4. The van der Waals surface area contributed by atoms with Crippen molar-refractivity contribution in [1.82, 2.24) is 0 Å². The van der Waals surface area contributed by atoms with Gasteiger partial charge < -0.3 is 29.2 Å². The van der Waals surface area contributed by atoms with E-state index >= 15 is 0 Å². The van der Waals surface area contributed by atoms with Crippen LogP contribution in [0.5, 0.6) is 0 Å². The molecule has 0 fully saturated rings. The van der Waals surface area contributed by atoms with Gasteiger partial charge in [-0.3, -0.25) is 9.59 Å². The summed E-state index contributed by atoms with van der Waals surface area (Å²) in [4.78, 5) is 64.2. The number of carbonyl (C=O) groups excluding carboxylic acids is 4. The second-order valence-corrected chi connectivity index (χ2v) is 3.61. The lowest BCUT2D eigenvalue weighted by Gasteiger charge is -2.05. The van der Waals surface area contributed by atoms with E-state index in [0.717, 1.165) is 0 Å². The molecule has 0 saturated carbocycles. The van der Waals surface area contributed by atoms with Gasteiger partial charge in [-0.15, -0.1) is 0 Å². The van der Waals surface area contributed by atoms with E-state index in [1.807, 2.05) is 0 Å². The molecule has 0 aromatic carbocycles. The van der Waals surface area contributed by atoms with E-state index < -0.39 is 68.7 Å². The lowest BCUT2D eigenvalue weighted by molar-refractivity contribution is -0.167. The molecule has 0 aromatic heterocycles. The highest BCUT2D eigenvalue weighted by atomic mass is 16.6. The van der Waals surface area contributed by atoms with E-state index in [2.05, 4.69) is 18.9 Å². The van der Waals surface area contributed by atoms with Crippen LogP contribution in [0.15, 0.2) is 0 Å². The van der Waals surface area contributed by atoms with E-state index in [-0.39, 0.29) is 0 Å². The number of carboxylic acid groups (broad SMARTS) is 2. The van der Waals surface area contributed by atoms with Crippen molar-refractivity contribution < 1.29 is 57.9 Å². The third-order valence-electron chi connectivity index (χ3n) is 1.70. The Kier molecular flexibility index (Phi) is 9.08. The minimum Gasteiger partial charge on any atom is -0.479 e. The van der Waals surface area contributed by atoms with E-state index in [0.29, 0.717) is 0 Å². The molecule has 0 spiro atoms. The molecule has 0 aromatic rings. The second-order valence-electron chi connectivity index (χ2n) is 3.61. The molecule has 0 aliphatic heterocycles. The van der Waals surface area contributed by atoms with Crippen molar-refractivity contribution in [1.29, 1.82) is 0 Å². The molecule has 12 nitrogen and oxygen atoms in total. The molecule has 0 aliphatic carbocycles. The molecule has 0 radical (unpaired) electrons. The van der Waals surface area contributed by atoms with Gasteiger partial charge in [-0.05, 0) is 0 Å². The zero-order valence-electron chi connectivity index (χ0n) is 11.5. The number of ether oxygens (including phenoxy) is 4. The highest BCUT2D eigenvalue weighted by Crippen LogP contribution is 1.93. The fourth-order valence-electron chi connectivity index (χ4n) is 0.867. The largest absolute Gasteiger partial charge is 0.479 e. The third-order valence-corrected chi connectivity index (χ3v) is 1.70. The Morgan fingerprint density at radius 3 is 1.13 bits per heavy atom. The van der Waals surface area contributed by atoms with Crippen LogP contribution in [-0.2, 0) is 47.7 Å². The Bertz CT molecular complexity index is 449. The van der Waals surface area contributed by atoms with Crippen LogP contribution in [0.25, 0.3) is 0 Å². The molecule has 0 saturated heterocycles. The first-order chi connectivity index (χ1) is 10.7. The van der Waals surface area contributed by atoms with Crippen LogP contribution >= 0.6 is 0 Å². The van der Waals surface area contributed by atoms with Crippen molar-refractivity contribution in [3.63, 3.8) is 0 Å². The van der Waals surface area contributed by atoms with Crippen LogP contribution in [0.4, 0.5) is 0 Å². The monoisotopic (exact) mass is 336 g/mol. The van der Waals surface area contributed by atoms with Gasteiger partial charge in [0.25, 0.3) is 0 Å². The first-order valence-electron chi connectivity index (χ1n) is 5.76. The molecular weight excluding hydrogens is 324 g/mol. The van der Waals surface area contributed by atoms with Crippen molar-refractivity contribution in [2.75, 3.05) is 26.4 Å². The number of carbonyl (C=O) groups is 6. The van der Waals surface area contributed by atoms with Gasteiger partial charge in [0.05, 0.1) is 0 Å². The summed E-state index contributed by atoms with van der Waals surface area (Å²) in [5, 5.41) is 16.4. The number of aliphatic carboxylic acids is 2. The summed E-state index contributed by atoms with van der Waals surface area (Å²) in [5.74, 6) is -7.42. The Hall–Kier alpha value is -3.18. The van der Waals surface area contributed by atoms with Gasteiger partial charge in [-0.1, -0.05) is 0 Å². The molecule has 0 aliphatic rings. The Morgan fingerprint density at radius 2 is 0.826 bits per heavy atom. The standard InChI is InChI=1S/C11H12O12/c12-6(13)2-20-10(18)4-22-8(16)1-9(17)23-5-11(19)21-3-7(14)15/h1-5H2,(H,12,13)(H,14,15). The number of hydrogen-bond donors (Lipinski definition) is 2. The zero-order chi connectivity index (χ0) is 17.8. The van der Waals surface area contributed by atoms with Crippen LogP contribution in [0.3, 0.4) is 0 Å². The first-order valence-corrected chi connectivity index (χ1v) is 5.76. The first kappa shape index (κ1) is 19.8. The SMILES string of the molecule is O=C(O)COC(=O)COC(=O)CC(=O)OCC(=O)OCC(=O)O. The Morgan fingerprint density at radius 1 is 0.522 bits per heavy atom. The lowest BCUT2D eigenvalue weighted by atomic mass is 10.4. The van der Waals surface area contributed by atoms with Gasteiger partial charge in [-0.25, -0.2) is 19.2 Å². The topological polar surface area (TPSA) is 180 Å². The maximum absolute atomic E-state index is 11.1. The van der Waals surface area contributed by atoms with E-state index in [4.69, 9.17) is 10.2 Å². The van der Waals surface area contributed by atoms with Gasteiger partial charge >= 0.3 is 35.8 Å². The molecule has 0 unspecified atom stereocenters. The summed E-state index contributed by atoms with van der Waals surface area (Å²) < 4.78 is 16.9. The highest BCUT2D eigenvalue weighted by Gasteiger charge is 2.16. The molecule has 0 amide bonds. The number of carboxylic acids is 2. The molecule has 128 valence electrons. The summed E-state index contributed by atoms with van der Waals surface area (Å²) in [5.41, 5.74) is 0. The minimum absolute atomic E-state index is 0.903. The number of hydrogen-bond acceptors (Lipinski definition) is 10. The quantitative estimate of drug-likeness (QED) is 0.248. The van der Waals surface area contributed by atoms with Crippen molar-refractivity contribution >= 4 is 35.8 Å². The van der Waals surface area contributed by atoms with Crippen LogP contribution in [0, 0.1) is 0 Å². The van der Waals surface area contributed by atoms with Gasteiger partial charge in [0, 0.05) is 0 Å². The summed E-state index contributed by atoms with van der Waals surface area (Å²) in [7, 11) is 0. The van der Waals surface area contributed by atoms with Crippen molar-refractivity contribution in [3.05, 3.63) is 0 Å². The fourth-order valence-corrected chi connectivity index (χ4v) is 0.867. The van der Waals surface area contributed by atoms with Gasteiger partial charge in [0.15, 0.2) is 26.4 Å². The molecule has 2 N–H and O–H groups in total. The molecule has 0 atom stereocenters. The maximum Gasteiger partial charge on any atom is 0.344 e. The average Bonchev–Trinajstić information content (AvgIpc) is 2.46. The Balaban J connectivity index is 3.87. The molecule has 23 heavy (non-hydrogen) atoms. The van der Waals surface area contributed by atoms with Crippen molar-refractivity contribution in [2.45, 2.75) is 6.42 Å². The molecule has 0 heterocycles. The number of rotatable bonds is 10. The van der Waals surface area contributed by atoms with Gasteiger partial charge in [0.1, 0.15) is 6.42 Å². The smallest absolute Gasteiger partial charge is 0.344 e.